The van der Waals surface area contributed by atoms with Crippen LogP contribution >= 0.6 is 7.82 Å². The molecule has 0 radical (unpaired) electrons. The lowest BCUT2D eigenvalue weighted by atomic mass is 10.0. The van der Waals surface area contributed by atoms with Gasteiger partial charge in [-0.3, -0.25) is 18.6 Å². The van der Waals surface area contributed by atoms with E-state index >= 15 is 0 Å². The molecule has 0 saturated heterocycles. The molecule has 10 heteroatoms. The van der Waals surface area contributed by atoms with Crippen molar-refractivity contribution in [2.75, 3.05) is 47.5 Å². The number of phosphoric ester groups is 1. The van der Waals surface area contributed by atoms with Crippen molar-refractivity contribution in [1.82, 2.24) is 0 Å². The monoisotopic (exact) mass is 985 g/mol. The van der Waals surface area contributed by atoms with Gasteiger partial charge < -0.3 is 18.9 Å². The van der Waals surface area contributed by atoms with Crippen LogP contribution < -0.4 is 0 Å². The lowest BCUT2D eigenvalue weighted by molar-refractivity contribution is -0.870. The van der Waals surface area contributed by atoms with Crippen LogP contribution in [0.2, 0.25) is 0 Å². The van der Waals surface area contributed by atoms with Crippen molar-refractivity contribution in [1.29, 1.82) is 0 Å². The Morgan fingerprint density at radius 1 is 0.441 bits per heavy atom. The van der Waals surface area contributed by atoms with E-state index in [2.05, 4.69) is 26.0 Å². The van der Waals surface area contributed by atoms with Crippen molar-refractivity contribution in [3.05, 3.63) is 12.2 Å². The van der Waals surface area contributed by atoms with E-state index in [1.165, 1.54) is 212 Å². The minimum absolute atomic E-state index is 0.0336. The van der Waals surface area contributed by atoms with Crippen LogP contribution in [0.25, 0.3) is 0 Å². The summed E-state index contributed by atoms with van der Waals surface area (Å²) in [5, 5.41) is 0. The van der Waals surface area contributed by atoms with Gasteiger partial charge in [0.2, 0.25) is 0 Å². The molecule has 68 heavy (non-hydrogen) atoms. The summed E-state index contributed by atoms with van der Waals surface area (Å²) in [5.41, 5.74) is 0. The number of allylic oxidation sites excluding steroid dienone is 2. The van der Waals surface area contributed by atoms with Crippen LogP contribution in [0.5, 0.6) is 0 Å². The molecule has 0 amide bonds. The first-order valence-electron chi connectivity index (χ1n) is 29.4. The van der Waals surface area contributed by atoms with Gasteiger partial charge in [-0.05, 0) is 38.5 Å². The van der Waals surface area contributed by atoms with Crippen LogP contribution in [0.15, 0.2) is 12.2 Å². The summed E-state index contributed by atoms with van der Waals surface area (Å²) >= 11 is 0. The minimum Gasteiger partial charge on any atom is -0.462 e. The fraction of sp³-hybridized carbons (Fsp3) is 0.931. The molecule has 0 aromatic rings. The topological polar surface area (TPSA) is 108 Å². The van der Waals surface area contributed by atoms with E-state index in [-0.39, 0.29) is 25.6 Å². The van der Waals surface area contributed by atoms with Crippen LogP contribution in [-0.2, 0) is 32.7 Å². The Morgan fingerprint density at radius 2 is 0.750 bits per heavy atom. The van der Waals surface area contributed by atoms with Crippen LogP contribution in [0.1, 0.15) is 296 Å². The smallest absolute Gasteiger partial charge is 0.462 e. The Morgan fingerprint density at radius 3 is 1.09 bits per heavy atom. The van der Waals surface area contributed by atoms with Gasteiger partial charge in [0, 0.05) is 12.8 Å². The Labute approximate surface area is 422 Å². The first-order chi connectivity index (χ1) is 33.0. The molecule has 0 heterocycles. The molecular weight excluding hydrogens is 870 g/mol. The van der Waals surface area contributed by atoms with Crippen LogP contribution in [0.4, 0.5) is 0 Å². The summed E-state index contributed by atoms with van der Waals surface area (Å²) in [7, 11) is 1.49. The van der Waals surface area contributed by atoms with Crippen molar-refractivity contribution in [3.63, 3.8) is 0 Å². The number of quaternary nitrogens is 1. The molecule has 0 fully saturated rings. The lowest BCUT2D eigenvalue weighted by Crippen LogP contribution is -2.37. The van der Waals surface area contributed by atoms with E-state index < -0.39 is 26.5 Å². The predicted molar refractivity (Wildman–Crippen MR) is 289 cm³/mol. The molecule has 9 nitrogen and oxygen atoms in total. The third-order valence-corrected chi connectivity index (χ3v) is 14.3. The highest BCUT2D eigenvalue weighted by Gasteiger charge is 2.27. The highest BCUT2D eigenvalue weighted by molar-refractivity contribution is 7.47. The Hall–Kier alpha value is -1.25. The maximum absolute atomic E-state index is 12.7. The number of ether oxygens (including phenoxy) is 2. The van der Waals surface area contributed by atoms with Gasteiger partial charge in [0.05, 0.1) is 27.7 Å². The zero-order chi connectivity index (χ0) is 49.9. The lowest BCUT2D eigenvalue weighted by Gasteiger charge is -2.24. The number of phosphoric acid groups is 1. The molecule has 0 aromatic carbocycles. The third kappa shape index (κ3) is 54.1. The van der Waals surface area contributed by atoms with Crippen molar-refractivity contribution in [3.8, 4) is 0 Å². The number of esters is 2. The average molecular weight is 986 g/mol. The zero-order valence-electron chi connectivity index (χ0n) is 45.9. The van der Waals surface area contributed by atoms with Crippen molar-refractivity contribution >= 4 is 19.8 Å². The SMILES string of the molecule is CCCCCCC/C=C\CCCCCCCC(=O)OC(COC(=O)CCCCCCCCCCCCCCCCCCCCCCCCCCCCCCCC)COP(=O)(O)OCC[N+](C)(C)C. The fourth-order valence-corrected chi connectivity index (χ4v) is 9.46. The minimum atomic E-state index is -4.38. The highest BCUT2D eigenvalue weighted by atomic mass is 31.2. The van der Waals surface area contributed by atoms with Gasteiger partial charge in [-0.2, -0.15) is 0 Å². The van der Waals surface area contributed by atoms with Crippen molar-refractivity contribution < 1.29 is 42.1 Å². The third-order valence-electron chi connectivity index (χ3n) is 13.3. The number of likely N-dealkylation sites (N-methyl/N-ethyl adjacent to an activating group) is 1. The molecular formula is C58H115NO8P+. The van der Waals surface area contributed by atoms with Gasteiger partial charge in [-0.15, -0.1) is 0 Å². The fourth-order valence-electron chi connectivity index (χ4n) is 8.72. The molecule has 0 rings (SSSR count). The van der Waals surface area contributed by atoms with Gasteiger partial charge in [0.15, 0.2) is 6.10 Å². The normalized spacial score (nSPS) is 13.3. The maximum Gasteiger partial charge on any atom is 0.472 e. The highest BCUT2D eigenvalue weighted by Crippen LogP contribution is 2.43. The summed E-state index contributed by atoms with van der Waals surface area (Å²) < 4.78 is 34.5. The average Bonchev–Trinajstić information content (AvgIpc) is 3.30. The molecule has 0 spiro atoms. The summed E-state index contributed by atoms with van der Waals surface area (Å²) in [6.45, 7) is 4.46. The number of rotatable bonds is 55. The molecule has 0 aliphatic heterocycles. The molecule has 0 saturated carbocycles. The standard InChI is InChI=1S/C58H114NO8P/c1-6-8-10-12-14-16-18-20-22-23-24-25-26-27-28-29-30-31-32-33-34-35-36-37-39-40-42-44-46-48-50-57(60)64-54-56(55-66-68(62,63)65-53-52-59(3,4)5)67-58(61)51-49-47-45-43-41-38-21-19-17-15-13-11-9-7-2/h19,21,56H,6-18,20,22-55H2,1-5H3/p+1/b21-19-. The van der Waals surface area contributed by atoms with E-state index in [4.69, 9.17) is 18.5 Å². The number of hydrogen-bond donors (Lipinski definition) is 1. The van der Waals surface area contributed by atoms with Crippen LogP contribution in [0.3, 0.4) is 0 Å². The Balaban J connectivity index is 3.98. The molecule has 0 aliphatic carbocycles. The maximum atomic E-state index is 12.7. The first-order valence-corrected chi connectivity index (χ1v) is 30.9. The zero-order valence-corrected chi connectivity index (χ0v) is 46.8. The quantitative estimate of drug-likeness (QED) is 0.0211. The number of carbonyl (C=O) groups excluding carboxylic acids is 2. The molecule has 1 N–H and O–H groups in total. The number of hydrogen-bond acceptors (Lipinski definition) is 7. The summed E-state index contributed by atoms with van der Waals surface area (Å²) in [4.78, 5) is 35.6. The summed E-state index contributed by atoms with van der Waals surface area (Å²) in [6.07, 6.45) is 58.7. The molecule has 2 atom stereocenters. The van der Waals surface area contributed by atoms with E-state index in [9.17, 15) is 19.0 Å². The second-order valence-electron chi connectivity index (χ2n) is 21.4. The predicted octanol–water partition coefficient (Wildman–Crippen LogP) is 18.0. The van der Waals surface area contributed by atoms with Gasteiger partial charge in [-0.25, -0.2) is 4.57 Å². The van der Waals surface area contributed by atoms with Gasteiger partial charge in [0.25, 0.3) is 0 Å². The second kappa shape index (κ2) is 50.7. The largest absolute Gasteiger partial charge is 0.472 e. The molecule has 404 valence electrons. The molecule has 0 bridgehead atoms. The van der Waals surface area contributed by atoms with E-state index in [0.29, 0.717) is 23.9 Å². The van der Waals surface area contributed by atoms with Gasteiger partial charge in [0.1, 0.15) is 19.8 Å². The van der Waals surface area contributed by atoms with Gasteiger partial charge in [-0.1, -0.05) is 257 Å². The number of carbonyl (C=O) groups is 2. The van der Waals surface area contributed by atoms with Crippen molar-refractivity contribution in [2.45, 2.75) is 302 Å². The van der Waals surface area contributed by atoms with E-state index in [0.717, 1.165) is 51.4 Å². The van der Waals surface area contributed by atoms with Crippen molar-refractivity contribution in [2.24, 2.45) is 0 Å². The second-order valence-corrected chi connectivity index (χ2v) is 22.8. The molecule has 0 aromatic heterocycles. The molecule has 0 aliphatic rings. The number of unbranched alkanes of at least 4 members (excludes halogenated alkanes) is 39. The summed E-state index contributed by atoms with van der Waals surface area (Å²) in [5.74, 6) is -0.791. The van der Waals surface area contributed by atoms with E-state index in [1.54, 1.807) is 0 Å². The van der Waals surface area contributed by atoms with Crippen LogP contribution in [-0.4, -0.2) is 74.9 Å². The Kier molecular flexibility index (Phi) is 49.8. The molecule has 2 unspecified atom stereocenters. The van der Waals surface area contributed by atoms with Crippen LogP contribution in [0, 0.1) is 0 Å². The van der Waals surface area contributed by atoms with Gasteiger partial charge >= 0.3 is 19.8 Å². The number of nitrogens with zero attached hydrogens (tertiary/aromatic N) is 1. The Bertz CT molecular complexity index is 1160. The summed E-state index contributed by atoms with van der Waals surface area (Å²) in [6, 6.07) is 0. The first kappa shape index (κ1) is 66.8. The van der Waals surface area contributed by atoms with E-state index in [1.807, 2.05) is 21.1 Å².